The predicted molar refractivity (Wildman–Crippen MR) is 69.6 cm³/mol. The molecule has 92 valence electrons. The van der Waals surface area contributed by atoms with E-state index in [0.717, 1.165) is 6.54 Å². The average Bonchev–Trinajstić information content (AvgIpc) is 2.66. The van der Waals surface area contributed by atoms with Crippen LogP contribution in [0.3, 0.4) is 0 Å². The minimum Gasteiger partial charge on any atom is -0.307 e. The number of aromatic nitrogens is 2. The van der Waals surface area contributed by atoms with Crippen molar-refractivity contribution in [2.45, 2.75) is 45.1 Å². The quantitative estimate of drug-likeness (QED) is 0.809. The van der Waals surface area contributed by atoms with Gasteiger partial charge in [0.15, 0.2) is 0 Å². The predicted octanol–water partition coefficient (Wildman–Crippen LogP) is 3.02. The van der Waals surface area contributed by atoms with Gasteiger partial charge in [0, 0.05) is 18.0 Å². The van der Waals surface area contributed by atoms with Crippen molar-refractivity contribution in [1.82, 2.24) is 15.3 Å². The SMILES string of the molecule is CCNC(C1=CCCCCC1)c1cncnc1. The summed E-state index contributed by atoms with van der Waals surface area (Å²) in [7, 11) is 0. The van der Waals surface area contributed by atoms with Gasteiger partial charge in [0.05, 0.1) is 6.04 Å². The summed E-state index contributed by atoms with van der Waals surface area (Å²) in [5, 5.41) is 3.55. The van der Waals surface area contributed by atoms with Crippen molar-refractivity contribution in [2.24, 2.45) is 0 Å². The summed E-state index contributed by atoms with van der Waals surface area (Å²) < 4.78 is 0. The van der Waals surface area contributed by atoms with Crippen molar-refractivity contribution in [2.75, 3.05) is 6.54 Å². The first-order chi connectivity index (χ1) is 8.42. The lowest BCUT2D eigenvalue weighted by Crippen LogP contribution is -2.23. The van der Waals surface area contributed by atoms with Crippen molar-refractivity contribution in [3.8, 4) is 0 Å². The van der Waals surface area contributed by atoms with E-state index in [0.29, 0.717) is 6.04 Å². The van der Waals surface area contributed by atoms with Gasteiger partial charge in [-0.1, -0.05) is 25.0 Å². The summed E-state index contributed by atoms with van der Waals surface area (Å²) in [6, 6.07) is 0.305. The molecule has 0 saturated carbocycles. The normalized spacial score (nSPS) is 18.3. The number of allylic oxidation sites excluding steroid dienone is 1. The molecule has 1 atom stereocenters. The summed E-state index contributed by atoms with van der Waals surface area (Å²) in [6.45, 7) is 3.12. The number of likely N-dealkylation sites (N-methyl/N-ethyl adjacent to an activating group) is 1. The molecular weight excluding hydrogens is 210 g/mol. The standard InChI is InChI=1S/C14H21N3/c1-2-17-14(13-9-15-11-16-10-13)12-7-5-3-4-6-8-12/h7,9-11,14,17H,2-6,8H2,1H3. The minimum absolute atomic E-state index is 0.305. The smallest absolute Gasteiger partial charge is 0.115 e. The molecule has 3 heteroatoms. The summed E-state index contributed by atoms with van der Waals surface area (Å²) in [5.74, 6) is 0. The van der Waals surface area contributed by atoms with Crippen molar-refractivity contribution < 1.29 is 0 Å². The van der Waals surface area contributed by atoms with Crippen LogP contribution < -0.4 is 5.32 Å². The molecule has 1 N–H and O–H groups in total. The van der Waals surface area contributed by atoms with Crippen LogP contribution in [-0.2, 0) is 0 Å². The number of hydrogen-bond acceptors (Lipinski definition) is 3. The highest BCUT2D eigenvalue weighted by molar-refractivity contribution is 5.24. The van der Waals surface area contributed by atoms with Gasteiger partial charge in [-0.2, -0.15) is 0 Å². The maximum Gasteiger partial charge on any atom is 0.115 e. The Morgan fingerprint density at radius 3 is 2.82 bits per heavy atom. The van der Waals surface area contributed by atoms with Gasteiger partial charge in [0.25, 0.3) is 0 Å². The van der Waals surface area contributed by atoms with E-state index in [1.165, 1.54) is 43.2 Å². The molecule has 0 radical (unpaired) electrons. The first kappa shape index (κ1) is 12.2. The van der Waals surface area contributed by atoms with Crippen molar-refractivity contribution in [3.63, 3.8) is 0 Å². The second-order valence-corrected chi connectivity index (χ2v) is 4.54. The molecule has 2 rings (SSSR count). The van der Waals surface area contributed by atoms with E-state index < -0.39 is 0 Å². The number of hydrogen-bond donors (Lipinski definition) is 1. The Bertz CT molecular complexity index is 359. The monoisotopic (exact) mass is 231 g/mol. The van der Waals surface area contributed by atoms with Gasteiger partial charge in [-0.15, -0.1) is 0 Å². The van der Waals surface area contributed by atoms with Crippen LogP contribution in [-0.4, -0.2) is 16.5 Å². The lowest BCUT2D eigenvalue weighted by molar-refractivity contribution is 0.586. The second-order valence-electron chi connectivity index (χ2n) is 4.54. The molecule has 1 aliphatic carbocycles. The number of rotatable bonds is 4. The zero-order valence-corrected chi connectivity index (χ0v) is 10.5. The topological polar surface area (TPSA) is 37.8 Å². The Balaban J connectivity index is 2.19. The van der Waals surface area contributed by atoms with Gasteiger partial charge in [-0.3, -0.25) is 0 Å². The molecular formula is C14H21N3. The third kappa shape index (κ3) is 3.37. The maximum absolute atomic E-state index is 4.13. The highest BCUT2D eigenvalue weighted by Crippen LogP contribution is 2.28. The van der Waals surface area contributed by atoms with Gasteiger partial charge in [0.2, 0.25) is 0 Å². The number of nitrogens with zero attached hydrogens (tertiary/aromatic N) is 2. The van der Waals surface area contributed by atoms with E-state index in [1.54, 1.807) is 6.33 Å². The summed E-state index contributed by atoms with van der Waals surface area (Å²) >= 11 is 0. The summed E-state index contributed by atoms with van der Waals surface area (Å²) in [4.78, 5) is 8.26. The molecule has 0 saturated heterocycles. The Morgan fingerprint density at radius 1 is 1.24 bits per heavy atom. The van der Waals surface area contributed by atoms with Crippen molar-refractivity contribution >= 4 is 0 Å². The summed E-state index contributed by atoms with van der Waals surface area (Å²) in [6.07, 6.45) is 14.2. The molecule has 1 aliphatic rings. The largest absolute Gasteiger partial charge is 0.307 e. The molecule has 0 spiro atoms. The molecule has 0 amide bonds. The molecule has 1 aromatic heterocycles. The van der Waals surface area contributed by atoms with E-state index in [4.69, 9.17) is 0 Å². The van der Waals surface area contributed by atoms with Gasteiger partial charge >= 0.3 is 0 Å². The molecule has 17 heavy (non-hydrogen) atoms. The van der Waals surface area contributed by atoms with Crippen LogP contribution in [0.5, 0.6) is 0 Å². The molecule has 1 aromatic rings. The fourth-order valence-electron chi connectivity index (χ4n) is 2.43. The van der Waals surface area contributed by atoms with Crippen LogP contribution in [0.2, 0.25) is 0 Å². The molecule has 1 heterocycles. The third-order valence-electron chi connectivity index (χ3n) is 3.27. The maximum atomic E-state index is 4.13. The van der Waals surface area contributed by atoms with Crippen LogP contribution in [0.4, 0.5) is 0 Å². The third-order valence-corrected chi connectivity index (χ3v) is 3.27. The van der Waals surface area contributed by atoms with Crippen LogP contribution >= 0.6 is 0 Å². The van der Waals surface area contributed by atoms with Gasteiger partial charge in [0.1, 0.15) is 6.33 Å². The van der Waals surface area contributed by atoms with Crippen molar-refractivity contribution in [3.05, 3.63) is 35.9 Å². The van der Waals surface area contributed by atoms with Gasteiger partial charge in [-0.25, -0.2) is 9.97 Å². The minimum atomic E-state index is 0.305. The Labute approximate surface area is 103 Å². The first-order valence-electron chi connectivity index (χ1n) is 6.59. The molecule has 0 fully saturated rings. The fraction of sp³-hybridized carbons (Fsp3) is 0.571. The fourth-order valence-corrected chi connectivity index (χ4v) is 2.43. The van der Waals surface area contributed by atoms with E-state index >= 15 is 0 Å². The van der Waals surface area contributed by atoms with E-state index in [-0.39, 0.29) is 0 Å². The molecule has 0 bridgehead atoms. The van der Waals surface area contributed by atoms with Gasteiger partial charge in [-0.05, 0) is 32.2 Å². The van der Waals surface area contributed by atoms with Crippen LogP contribution in [0.1, 0.15) is 50.6 Å². The van der Waals surface area contributed by atoms with Crippen LogP contribution in [0, 0.1) is 0 Å². The lowest BCUT2D eigenvalue weighted by Gasteiger charge is -2.20. The Morgan fingerprint density at radius 2 is 2.06 bits per heavy atom. The van der Waals surface area contributed by atoms with Gasteiger partial charge < -0.3 is 5.32 Å². The molecule has 3 nitrogen and oxygen atoms in total. The van der Waals surface area contributed by atoms with E-state index in [2.05, 4.69) is 28.3 Å². The second kappa shape index (κ2) is 6.50. The molecule has 0 aromatic carbocycles. The molecule has 1 unspecified atom stereocenters. The molecule has 0 aliphatic heterocycles. The Hall–Kier alpha value is -1.22. The van der Waals surface area contributed by atoms with E-state index in [1.807, 2.05) is 12.4 Å². The highest BCUT2D eigenvalue weighted by atomic mass is 14.9. The zero-order valence-electron chi connectivity index (χ0n) is 10.5. The first-order valence-corrected chi connectivity index (χ1v) is 6.59. The zero-order chi connectivity index (χ0) is 11.9. The van der Waals surface area contributed by atoms with Crippen LogP contribution in [0.25, 0.3) is 0 Å². The van der Waals surface area contributed by atoms with E-state index in [9.17, 15) is 0 Å². The summed E-state index contributed by atoms with van der Waals surface area (Å²) in [5.41, 5.74) is 2.70. The van der Waals surface area contributed by atoms with Crippen molar-refractivity contribution in [1.29, 1.82) is 0 Å². The Kier molecular flexibility index (Phi) is 4.68. The average molecular weight is 231 g/mol. The number of nitrogens with one attached hydrogen (secondary N) is 1. The highest BCUT2D eigenvalue weighted by Gasteiger charge is 2.16. The van der Waals surface area contributed by atoms with Crippen LogP contribution in [0.15, 0.2) is 30.4 Å². The lowest BCUT2D eigenvalue weighted by atomic mass is 9.97.